The van der Waals surface area contributed by atoms with E-state index in [4.69, 9.17) is 22.1 Å². The first-order valence-electron chi connectivity index (χ1n) is 6.28. The molecule has 0 aliphatic carbocycles. The zero-order valence-corrected chi connectivity index (χ0v) is 13.4. The highest BCUT2D eigenvalue weighted by Crippen LogP contribution is 2.24. The number of rotatable bonds is 5. The Hall–Kier alpha value is -1.72. The van der Waals surface area contributed by atoms with Crippen molar-refractivity contribution in [2.75, 3.05) is 17.7 Å². The van der Waals surface area contributed by atoms with E-state index in [0.717, 1.165) is 4.47 Å². The van der Waals surface area contributed by atoms with Crippen molar-refractivity contribution in [2.45, 2.75) is 6.42 Å². The van der Waals surface area contributed by atoms with Gasteiger partial charge in [0.25, 0.3) is 0 Å². The van der Waals surface area contributed by atoms with Crippen LogP contribution in [0.1, 0.15) is 6.42 Å². The number of nitrogen functional groups attached to an aromatic ring is 1. The van der Waals surface area contributed by atoms with Crippen LogP contribution in [0.3, 0.4) is 0 Å². The lowest BCUT2D eigenvalue weighted by molar-refractivity contribution is -0.116. The summed E-state index contributed by atoms with van der Waals surface area (Å²) in [5.41, 5.74) is 6.75. The number of carbonyl (C=O) groups excluding carboxylic acids is 1. The number of benzene rings is 2. The fourth-order valence-electron chi connectivity index (χ4n) is 1.66. The van der Waals surface area contributed by atoms with Gasteiger partial charge in [-0.05, 0) is 46.3 Å². The maximum absolute atomic E-state index is 11.8. The number of nitrogens with one attached hydrogen (secondary N) is 1. The van der Waals surface area contributed by atoms with Crippen LogP contribution in [0.2, 0.25) is 5.02 Å². The highest BCUT2D eigenvalue weighted by molar-refractivity contribution is 9.10. The predicted octanol–water partition coefficient (Wildman–Crippen LogP) is 4.09. The van der Waals surface area contributed by atoms with Crippen LogP contribution in [-0.4, -0.2) is 12.5 Å². The molecule has 0 aliphatic rings. The Balaban J connectivity index is 1.85. The van der Waals surface area contributed by atoms with Crippen LogP contribution in [0.4, 0.5) is 11.4 Å². The van der Waals surface area contributed by atoms with E-state index in [1.807, 2.05) is 24.3 Å². The minimum absolute atomic E-state index is 0.184. The van der Waals surface area contributed by atoms with Crippen molar-refractivity contribution in [2.24, 2.45) is 0 Å². The van der Waals surface area contributed by atoms with Crippen LogP contribution < -0.4 is 15.8 Å². The maximum Gasteiger partial charge on any atom is 0.227 e. The third-order valence-corrected chi connectivity index (χ3v) is 3.60. The number of halogens is 2. The number of hydrogen-bond donors (Lipinski definition) is 2. The van der Waals surface area contributed by atoms with Gasteiger partial charge in [0.15, 0.2) is 0 Å². The first-order chi connectivity index (χ1) is 10.1. The van der Waals surface area contributed by atoms with Gasteiger partial charge in [-0.25, -0.2) is 0 Å². The van der Waals surface area contributed by atoms with Crippen LogP contribution >= 0.6 is 27.5 Å². The number of hydrogen-bond acceptors (Lipinski definition) is 3. The Morgan fingerprint density at radius 1 is 1.29 bits per heavy atom. The summed E-state index contributed by atoms with van der Waals surface area (Å²) in [6.45, 7) is 0.273. The summed E-state index contributed by atoms with van der Waals surface area (Å²) in [7, 11) is 0. The third-order valence-electron chi connectivity index (χ3n) is 2.71. The Bertz CT molecular complexity index is 649. The summed E-state index contributed by atoms with van der Waals surface area (Å²) in [6.07, 6.45) is 0.216. The fraction of sp³-hybridized carbons (Fsp3) is 0.133. The number of para-hydroxylation sites is 1. The van der Waals surface area contributed by atoms with Crippen molar-refractivity contribution in [3.8, 4) is 5.75 Å². The molecule has 0 saturated heterocycles. The molecule has 0 saturated carbocycles. The first-order valence-corrected chi connectivity index (χ1v) is 7.45. The summed E-state index contributed by atoms with van der Waals surface area (Å²) in [4.78, 5) is 11.8. The molecule has 21 heavy (non-hydrogen) atoms. The lowest BCUT2D eigenvalue weighted by Crippen LogP contribution is -2.16. The predicted molar refractivity (Wildman–Crippen MR) is 88.7 cm³/mol. The van der Waals surface area contributed by atoms with Gasteiger partial charge in [0.1, 0.15) is 5.75 Å². The monoisotopic (exact) mass is 368 g/mol. The van der Waals surface area contributed by atoms with E-state index in [-0.39, 0.29) is 18.9 Å². The van der Waals surface area contributed by atoms with Gasteiger partial charge in [0.05, 0.1) is 28.9 Å². The largest absolute Gasteiger partial charge is 0.492 e. The number of ether oxygens (including phenoxy) is 1. The summed E-state index contributed by atoms with van der Waals surface area (Å²) < 4.78 is 6.39. The van der Waals surface area contributed by atoms with Crippen LogP contribution in [0.25, 0.3) is 0 Å². The lowest BCUT2D eigenvalue weighted by atomic mass is 10.2. The highest BCUT2D eigenvalue weighted by atomic mass is 79.9. The molecular weight excluding hydrogens is 356 g/mol. The second-order valence-corrected chi connectivity index (χ2v) is 5.60. The summed E-state index contributed by atoms with van der Waals surface area (Å²) in [5.74, 6) is 0.517. The van der Waals surface area contributed by atoms with Gasteiger partial charge in [-0.1, -0.05) is 23.7 Å². The van der Waals surface area contributed by atoms with Crippen LogP contribution in [0, 0.1) is 0 Å². The topological polar surface area (TPSA) is 64.3 Å². The Labute approximate surface area is 136 Å². The van der Waals surface area contributed by atoms with Crippen molar-refractivity contribution in [3.63, 3.8) is 0 Å². The lowest BCUT2D eigenvalue weighted by Gasteiger charge is -2.10. The van der Waals surface area contributed by atoms with Crippen molar-refractivity contribution >= 4 is 44.8 Å². The molecule has 0 aliphatic heterocycles. The van der Waals surface area contributed by atoms with Gasteiger partial charge in [-0.2, -0.15) is 0 Å². The van der Waals surface area contributed by atoms with Crippen molar-refractivity contribution in [1.29, 1.82) is 0 Å². The molecule has 0 bridgehead atoms. The van der Waals surface area contributed by atoms with Crippen LogP contribution in [0.5, 0.6) is 5.75 Å². The second kappa shape index (κ2) is 7.33. The molecule has 2 aromatic rings. The maximum atomic E-state index is 11.8. The molecule has 1 amide bonds. The molecule has 2 rings (SSSR count). The third kappa shape index (κ3) is 4.65. The normalized spacial score (nSPS) is 10.2. The SMILES string of the molecule is Nc1ccc(Cl)cc1NC(=O)CCOc1ccccc1Br. The molecule has 2 aromatic carbocycles. The molecule has 0 radical (unpaired) electrons. The minimum atomic E-state index is -0.184. The van der Waals surface area contributed by atoms with E-state index < -0.39 is 0 Å². The first kappa shape index (κ1) is 15.7. The Morgan fingerprint density at radius 3 is 2.81 bits per heavy atom. The average molecular weight is 370 g/mol. The molecule has 0 spiro atoms. The zero-order valence-electron chi connectivity index (χ0n) is 11.1. The number of carbonyl (C=O) groups is 1. The standard InChI is InChI=1S/C15H14BrClN2O2/c16-11-3-1-2-4-14(11)21-8-7-15(20)19-13-9-10(17)5-6-12(13)18/h1-6,9H,7-8,18H2,(H,19,20). The minimum Gasteiger partial charge on any atom is -0.492 e. The molecule has 0 aromatic heterocycles. The van der Waals surface area contributed by atoms with E-state index in [9.17, 15) is 4.79 Å². The van der Waals surface area contributed by atoms with Crippen LogP contribution in [-0.2, 0) is 4.79 Å². The van der Waals surface area contributed by atoms with E-state index in [2.05, 4.69) is 21.2 Å². The fourth-order valence-corrected chi connectivity index (χ4v) is 2.24. The molecule has 4 nitrogen and oxygen atoms in total. The van der Waals surface area contributed by atoms with Crippen molar-refractivity contribution < 1.29 is 9.53 Å². The average Bonchev–Trinajstić information content (AvgIpc) is 2.45. The molecule has 0 fully saturated rings. The molecule has 0 unspecified atom stereocenters. The van der Waals surface area contributed by atoms with Crippen molar-refractivity contribution in [3.05, 3.63) is 52.0 Å². The van der Waals surface area contributed by atoms with Gasteiger partial charge >= 0.3 is 0 Å². The molecule has 110 valence electrons. The van der Waals surface area contributed by atoms with Gasteiger partial charge in [0.2, 0.25) is 5.91 Å². The zero-order chi connectivity index (χ0) is 15.2. The quantitative estimate of drug-likeness (QED) is 0.780. The van der Waals surface area contributed by atoms with Gasteiger partial charge in [-0.15, -0.1) is 0 Å². The van der Waals surface area contributed by atoms with Gasteiger partial charge < -0.3 is 15.8 Å². The summed E-state index contributed by atoms with van der Waals surface area (Å²) >= 11 is 9.24. The van der Waals surface area contributed by atoms with E-state index >= 15 is 0 Å². The molecule has 0 atom stereocenters. The number of nitrogens with two attached hydrogens (primary N) is 1. The molecule has 6 heteroatoms. The molecule has 3 N–H and O–H groups in total. The molecular formula is C15H14BrClN2O2. The second-order valence-electron chi connectivity index (χ2n) is 4.31. The van der Waals surface area contributed by atoms with Gasteiger partial charge in [0, 0.05) is 5.02 Å². The smallest absolute Gasteiger partial charge is 0.227 e. The Morgan fingerprint density at radius 2 is 2.05 bits per heavy atom. The summed E-state index contributed by atoms with van der Waals surface area (Å²) in [5, 5.41) is 3.23. The highest BCUT2D eigenvalue weighted by Gasteiger charge is 2.07. The number of anilines is 2. The van der Waals surface area contributed by atoms with E-state index in [0.29, 0.717) is 22.1 Å². The van der Waals surface area contributed by atoms with Crippen LogP contribution in [0.15, 0.2) is 46.9 Å². The van der Waals surface area contributed by atoms with Gasteiger partial charge in [-0.3, -0.25) is 4.79 Å². The van der Waals surface area contributed by atoms with E-state index in [1.165, 1.54) is 0 Å². The Kier molecular flexibility index (Phi) is 5.47. The summed E-state index contributed by atoms with van der Waals surface area (Å²) in [6, 6.07) is 12.4. The number of amides is 1. The van der Waals surface area contributed by atoms with Crippen molar-refractivity contribution in [1.82, 2.24) is 0 Å². The van der Waals surface area contributed by atoms with E-state index in [1.54, 1.807) is 18.2 Å². The molecule has 0 heterocycles.